The van der Waals surface area contributed by atoms with Gasteiger partial charge >= 0.3 is 6.03 Å². The number of hydrogen-bond donors (Lipinski definition) is 2. The van der Waals surface area contributed by atoms with E-state index < -0.39 is 0 Å². The molecule has 158 valence electrons. The van der Waals surface area contributed by atoms with Crippen LogP contribution in [0.1, 0.15) is 50.0 Å². The number of nitrogens with zero attached hydrogens (tertiary/aromatic N) is 2. The minimum absolute atomic E-state index is 0.102. The Kier molecular flexibility index (Phi) is 6.11. The van der Waals surface area contributed by atoms with Crippen LogP contribution in [-0.2, 0) is 0 Å². The Morgan fingerprint density at radius 1 is 1.10 bits per heavy atom. The van der Waals surface area contributed by atoms with Gasteiger partial charge in [-0.1, -0.05) is 18.2 Å². The lowest BCUT2D eigenvalue weighted by Crippen LogP contribution is -2.52. The number of furan rings is 1. The second kappa shape index (κ2) is 8.76. The Morgan fingerprint density at radius 2 is 1.79 bits per heavy atom. The molecule has 0 saturated carbocycles. The van der Waals surface area contributed by atoms with Gasteiger partial charge in [-0.2, -0.15) is 0 Å². The lowest BCUT2D eigenvalue weighted by Gasteiger charge is -2.41. The Labute approximate surface area is 173 Å². The maximum absolute atomic E-state index is 12.6. The van der Waals surface area contributed by atoms with Crippen molar-refractivity contribution < 1.29 is 9.21 Å². The molecule has 2 aliphatic rings. The molecule has 2 aliphatic heterocycles. The number of para-hydroxylation sites is 1. The standard InChI is InChI=1S/C23H34N4O2/c1-16-20-6-4-5-7-21(20)29-22(16)17(2)24-23(28)25-18-8-14-27(15-9-18)19-10-12-26(3)13-11-19/h4-7,17-19H,8-15H2,1-3H3,(H2,24,25,28)/t17-/m1/s1. The number of urea groups is 1. The fourth-order valence-corrected chi connectivity index (χ4v) is 4.86. The van der Waals surface area contributed by atoms with Crippen molar-refractivity contribution in [3.05, 3.63) is 35.6 Å². The van der Waals surface area contributed by atoms with Gasteiger partial charge in [0.05, 0.1) is 6.04 Å². The first kappa shape index (κ1) is 20.2. The predicted molar refractivity (Wildman–Crippen MR) is 116 cm³/mol. The number of benzene rings is 1. The number of carbonyl (C=O) groups is 1. The first-order valence-corrected chi connectivity index (χ1v) is 11.0. The SMILES string of the molecule is Cc1c([C@@H](C)NC(=O)NC2CCN(C3CCN(C)CC3)CC2)oc2ccccc12. The molecule has 2 N–H and O–H groups in total. The zero-order valence-corrected chi connectivity index (χ0v) is 17.9. The summed E-state index contributed by atoms with van der Waals surface area (Å²) in [7, 11) is 2.21. The van der Waals surface area contributed by atoms with Gasteiger partial charge < -0.3 is 24.9 Å². The quantitative estimate of drug-likeness (QED) is 0.825. The van der Waals surface area contributed by atoms with Crippen molar-refractivity contribution >= 4 is 17.0 Å². The van der Waals surface area contributed by atoms with Crippen molar-refractivity contribution in [2.24, 2.45) is 0 Å². The summed E-state index contributed by atoms with van der Waals surface area (Å²) in [5.74, 6) is 0.832. The van der Waals surface area contributed by atoms with Gasteiger partial charge in [-0.05, 0) is 65.7 Å². The van der Waals surface area contributed by atoms with Crippen LogP contribution < -0.4 is 10.6 Å². The van der Waals surface area contributed by atoms with Crippen LogP contribution in [0.25, 0.3) is 11.0 Å². The van der Waals surface area contributed by atoms with E-state index in [9.17, 15) is 4.79 Å². The van der Waals surface area contributed by atoms with E-state index in [-0.39, 0.29) is 18.1 Å². The molecule has 1 atom stereocenters. The molecule has 2 amide bonds. The average Bonchev–Trinajstić information content (AvgIpc) is 3.06. The first-order chi connectivity index (χ1) is 14.0. The van der Waals surface area contributed by atoms with Crippen molar-refractivity contribution in [1.82, 2.24) is 20.4 Å². The molecule has 0 bridgehead atoms. The Bertz CT molecular complexity index is 833. The highest BCUT2D eigenvalue weighted by molar-refractivity contribution is 5.82. The smallest absolute Gasteiger partial charge is 0.315 e. The van der Waals surface area contributed by atoms with Crippen molar-refractivity contribution in [2.45, 2.75) is 57.7 Å². The van der Waals surface area contributed by atoms with Gasteiger partial charge in [0.1, 0.15) is 11.3 Å². The summed E-state index contributed by atoms with van der Waals surface area (Å²) in [6.45, 7) is 8.59. The van der Waals surface area contributed by atoms with E-state index in [0.717, 1.165) is 54.3 Å². The third-order valence-corrected chi connectivity index (χ3v) is 6.69. The van der Waals surface area contributed by atoms with Crippen molar-refractivity contribution in [3.8, 4) is 0 Å². The molecule has 2 saturated heterocycles. The maximum atomic E-state index is 12.6. The molecule has 6 heteroatoms. The summed E-state index contributed by atoms with van der Waals surface area (Å²) in [6, 6.07) is 8.71. The van der Waals surface area contributed by atoms with Crippen molar-refractivity contribution in [3.63, 3.8) is 0 Å². The Balaban J connectivity index is 1.26. The number of amides is 2. The predicted octanol–water partition coefficient (Wildman–Crippen LogP) is 3.66. The van der Waals surface area contributed by atoms with Crippen molar-refractivity contribution in [1.29, 1.82) is 0 Å². The number of nitrogens with one attached hydrogen (secondary N) is 2. The highest BCUT2D eigenvalue weighted by Gasteiger charge is 2.28. The summed E-state index contributed by atoms with van der Waals surface area (Å²) in [6.07, 6.45) is 4.59. The molecule has 1 aromatic heterocycles. The van der Waals surface area contributed by atoms with Crippen LogP contribution >= 0.6 is 0 Å². The Hall–Kier alpha value is -2.05. The largest absolute Gasteiger partial charge is 0.459 e. The number of carbonyl (C=O) groups excluding carboxylic acids is 1. The molecule has 0 radical (unpaired) electrons. The van der Waals surface area contributed by atoms with Gasteiger partial charge in [0, 0.05) is 36.1 Å². The molecule has 4 rings (SSSR count). The zero-order chi connectivity index (χ0) is 20.4. The summed E-state index contributed by atoms with van der Waals surface area (Å²) in [5, 5.41) is 7.35. The molecule has 2 aromatic rings. The monoisotopic (exact) mass is 398 g/mol. The minimum atomic E-state index is -0.165. The third-order valence-electron chi connectivity index (χ3n) is 6.69. The summed E-state index contributed by atoms with van der Waals surface area (Å²) in [4.78, 5) is 17.6. The van der Waals surface area contributed by atoms with Gasteiger partial charge in [0.15, 0.2) is 0 Å². The third kappa shape index (κ3) is 4.59. The number of hydrogen-bond acceptors (Lipinski definition) is 4. The molecule has 29 heavy (non-hydrogen) atoms. The highest BCUT2D eigenvalue weighted by Crippen LogP contribution is 2.29. The molecule has 2 fully saturated rings. The van der Waals surface area contributed by atoms with Crippen LogP contribution in [0, 0.1) is 6.92 Å². The van der Waals surface area contributed by atoms with Gasteiger partial charge in [-0.3, -0.25) is 0 Å². The van der Waals surface area contributed by atoms with E-state index in [2.05, 4.69) is 40.5 Å². The van der Waals surface area contributed by atoms with Gasteiger partial charge in [-0.25, -0.2) is 4.79 Å². The molecule has 0 aliphatic carbocycles. The second-order valence-corrected chi connectivity index (χ2v) is 8.77. The van der Waals surface area contributed by atoms with Gasteiger partial charge in [-0.15, -0.1) is 0 Å². The van der Waals surface area contributed by atoms with Crippen LogP contribution in [0.3, 0.4) is 0 Å². The Morgan fingerprint density at radius 3 is 2.48 bits per heavy atom. The van der Waals surface area contributed by atoms with Gasteiger partial charge in [0.25, 0.3) is 0 Å². The van der Waals surface area contributed by atoms with E-state index in [1.807, 2.05) is 25.1 Å². The van der Waals surface area contributed by atoms with E-state index in [0.29, 0.717) is 0 Å². The molecule has 3 heterocycles. The van der Waals surface area contributed by atoms with E-state index in [1.54, 1.807) is 0 Å². The average molecular weight is 399 g/mol. The zero-order valence-electron chi connectivity index (χ0n) is 17.9. The van der Waals surface area contributed by atoms with E-state index in [4.69, 9.17) is 4.42 Å². The fraction of sp³-hybridized carbons (Fsp3) is 0.609. The van der Waals surface area contributed by atoms with Crippen LogP contribution in [0.4, 0.5) is 4.79 Å². The lowest BCUT2D eigenvalue weighted by molar-refractivity contribution is 0.0933. The lowest BCUT2D eigenvalue weighted by atomic mass is 9.98. The second-order valence-electron chi connectivity index (χ2n) is 8.77. The number of fused-ring (bicyclic) bond motifs is 1. The molecule has 0 unspecified atom stereocenters. The van der Waals surface area contributed by atoms with E-state index in [1.165, 1.54) is 25.9 Å². The summed E-state index contributed by atoms with van der Waals surface area (Å²) in [5.41, 5.74) is 1.97. The van der Waals surface area contributed by atoms with E-state index >= 15 is 0 Å². The maximum Gasteiger partial charge on any atom is 0.315 e. The van der Waals surface area contributed by atoms with Gasteiger partial charge in [0.2, 0.25) is 0 Å². The molecule has 1 aromatic carbocycles. The number of aryl methyl sites for hydroxylation is 1. The number of rotatable bonds is 4. The van der Waals surface area contributed by atoms with Crippen LogP contribution in [0.5, 0.6) is 0 Å². The first-order valence-electron chi connectivity index (χ1n) is 11.0. The molecule has 0 spiro atoms. The van der Waals surface area contributed by atoms with Crippen LogP contribution in [0.2, 0.25) is 0 Å². The molecular weight excluding hydrogens is 364 g/mol. The molecular formula is C23H34N4O2. The van der Waals surface area contributed by atoms with Crippen LogP contribution in [0.15, 0.2) is 28.7 Å². The van der Waals surface area contributed by atoms with Crippen LogP contribution in [-0.4, -0.2) is 61.1 Å². The molecule has 6 nitrogen and oxygen atoms in total. The summed E-state index contributed by atoms with van der Waals surface area (Å²) < 4.78 is 5.99. The number of likely N-dealkylation sites (tertiary alicyclic amines) is 2. The summed E-state index contributed by atoms with van der Waals surface area (Å²) >= 11 is 0. The topological polar surface area (TPSA) is 60.8 Å². The minimum Gasteiger partial charge on any atom is -0.459 e. The highest BCUT2D eigenvalue weighted by atomic mass is 16.3. The fourth-order valence-electron chi connectivity index (χ4n) is 4.86. The van der Waals surface area contributed by atoms with Crippen molar-refractivity contribution in [2.75, 3.05) is 33.2 Å². The number of piperidine rings is 2. The normalized spacial score (nSPS) is 21.3.